The van der Waals surface area contributed by atoms with Crippen molar-refractivity contribution in [3.05, 3.63) is 0 Å². The van der Waals surface area contributed by atoms with Gasteiger partial charge in [-0.15, -0.1) is 0 Å². The maximum absolute atomic E-state index is 11.9. The van der Waals surface area contributed by atoms with E-state index in [0.717, 1.165) is 25.7 Å². The third kappa shape index (κ3) is 39.7. The van der Waals surface area contributed by atoms with Crippen molar-refractivity contribution in [2.24, 2.45) is 0 Å². The van der Waals surface area contributed by atoms with Gasteiger partial charge in [0, 0.05) is 12.8 Å². The van der Waals surface area contributed by atoms with Crippen LogP contribution in [0.4, 0.5) is 0 Å². The number of ether oxygens (including phenoxy) is 1. The van der Waals surface area contributed by atoms with Crippen LogP contribution < -0.4 is 0 Å². The van der Waals surface area contributed by atoms with E-state index < -0.39 is 0 Å². The van der Waals surface area contributed by atoms with E-state index in [-0.39, 0.29) is 87.4 Å². The first kappa shape index (κ1) is 45.1. The maximum atomic E-state index is 11.9. The van der Waals surface area contributed by atoms with Crippen molar-refractivity contribution in [1.29, 1.82) is 0 Å². The second-order valence-electron chi connectivity index (χ2n) is 11.5. The Morgan fingerprint density at radius 2 is 0.513 bits per heavy atom. The first-order chi connectivity index (χ1) is 18.2. The molecule has 0 aliphatic heterocycles. The Balaban J connectivity index is -0.00000648. The molecule has 0 saturated heterocycles. The Bertz CT molecular complexity index is 485. The van der Waals surface area contributed by atoms with Crippen LogP contribution in [0.2, 0.25) is 0 Å². The molecule has 0 aromatic carbocycles. The molecule has 0 N–H and O–H groups in total. The van der Waals surface area contributed by atoms with Gasteiger partial charge in [0.05, 0.1) is 0 Å². The summed E-state index contributed by atoms with van der Waals surface area (Å²) in [6.45, 7) is 4.55. The van der Waals surface area contributed by atoms with Gasteiger partial charge in [0.1, 0.15) is 0 Å². The predicted octanol–water partition coefficient (Wildman–Crippen LogP) is 9.97. The monoisotopic (exact) mass is 606 g/mol. The average molecular weight is 607 g/mol. The molecule has 0 aromatic heterocycles. The number of rotatable bonds is 30. The zero-order valence-corrected chi connectivity index (χ0v) is 25.4. The van der Waals surface area contributed by atoms with Gasteiger partial charge in [-0.1, -0.05) is 181 Å². The molecule has 39 heavy (non-hydrogen) atoms. The summed E-state index contributed by atoms with van der Waals surface area (Å²) in [5.41, 5.74) is 0. The fourth-order valence-corrected chi connectivity index (χ4v) is 5.16. The minimum atomic E-state index is -0.325. The fraction of sp³-hybridized carbons (Fsp3) is 0.941. The van der Waals surface area contributed by atoms with Crippen molar-refractivity contribution in [2.45, 2.75) is 206 Å². The van der Waals surface area contributed by atoms with Gasteiger partial charge >= 0.3 is 87.4 Å². The third-order valence-electron chi connectivity index (χ3n) is 7.70. The van der Waals surface area contributed by atoms with Gasteiger partial charge in [0.25, 0.3) is 0 Å². The van der Waals surface area contributed by atoms with Crippen molar-refractivity contribution < 1.29 is 14.3 Å². The average Bonchev–Trinajstić information content (AvgIpc) is 2.89. The molecule has 0 bridgehead atoms. The second-order valence-corrected chi connectivity index (χ2v) is 11.5. The number of hydrogen-bond donors (Lipinski definition) is 0. The van der Waals surface area contributed by atoms with E-state index in [1.807, 2.05) is 0 Å². The fourth-order valence-electron chi connectivity index (χ4n) is 5.16. The first-order valence-electron chi connectivity index (χ1n) is 16.9. The van der Waals surface area contributed by atoms with Crippen molar-refractivity contribution in [1.82, 2.24) is 0 Å². The van der Waals surface area contributed by atoms with E-state index in [1.54, 1.807) is 0 Å². The molecule has 0 unspecified atom stereocenters. The van der Waals surface area contributed by atoms with Gasteiger partial charge in [-0.05, 0) is 12.8 Å². The molecule has 3 nitrogen and oxygen atoms in total. The molecule has 0 aromatic rings. The van der Waals surface area contributed by atoms with Crippen molar-refractivity contribution in [2.75, 3.05) is 0 Å². The second kappa shape index (κ2) is 39.7. The summed E-state index contributed by atoms with van der Waals surface area (Å²) in [5, 5.41) is 0. The normalized spacial score (nSPS) is 10.6. The van der Waals surface area contributed by atoms with Gasteiger partial charge < -0.3 is 4.74 Å². The molecular weight excluding hydrogens is 537 g/mol. The van der Waals surface area contributed by atoms with Crippen LogP contribution in [0.25, 0.3) is 0 Å². The Labute approximate surface area is 304 Å². The van der Waals surface area contributed by atoms with Gasteiger partial charge in [-0.25, -0.2) is 0 Å². The summed E-state index contributed by atoms with van der Waals surface area (Å²) >= 11 is 0. The summed E-state index contributed by atoms with van der Waals surface area (Å²) in [7, 11) is 0. The van der Waals surface area contributed by atoms with E-state index in [2.05, 4.69) is 13.8 Å². The minimum absolute atomic E-state index is 0. The predicted molar refractivity (Wildman–Crippen MR) is 178 cm³/mol. The number of hydrogen-bond acceptors (Lipinski definition) is 3. The van der Waals surface area contributed by atoms with Crippen LogP contribution in [-0.4, -0.2) is 87.4 Å². The van der Waals surface area contributed by atoms with Crippen LogP contribution in [0.5, 0.6) is 0 Å². The molecule has 5 heteroatoms. The summed E-state index contributed by atoms with van der Waals surface area (Å²) in [6.07, 6.45) is 37.2. The van der Waals surface area contributed by atoms with Crippen LogP contribution in [0, 0.1) is 0 Å². The Morgan fingerprint density at radius 1 is 0.333 bits per heavy atom. The molecule has 0 saturated carbocycles. The van der Waals surface area contributed by atoms with Gasteiger partial charge in [0.2, 0.25) is 0 Å². The molecular formula is C34H70Ca2O3. The summed E-state index contributed by atoms with van der Waals surface area (Å²) in [4.78, 5) is 23.8. The van der Waals surface area contributed by atoms with Crippen molar-refractivity contribution >= 4 is 87.4 Å². The number of carbonyl (C=O) groups excluding carboxylic acids is 2. The van der Waals surface area contributed by atoms with Crippen molar-refractivity contribution in [3.63, 3.8) is 0 Å². The molecule has 0 aliphatic rings. The van der Waals surface area contributed by atoms with Crippen LogP contribution in [0.15, 0.2) is 0 Å². The summed E-state index contributed by atoms with van der Waals surface area (Å²) in [5.74, 6) is -0.650. The van der Waals surface area contributed by atoms with Crippen LogP contribution in [0.1, 0.15) is 206 Å². The Kier molecular flexibility index (Phi) is 45.9. The molecule has 0 heterocycles. The summed E-state index contributed by atoms with van der Waals surface area (Å²) in [6, 6.07) is 0. The SMILES string of the molecule is CCCCCCCCCCCCCCCCCC(=O)OC(=O)CCCCCCCCCCCCCCC.[CaH2].[CaH2]. The first-order valence-corrected chi connectivity index (χ1v) is 16.9. The number of unbranched alkanes of at least 4 members (excludes halogenated alkanes) is 26. The van der Waals surface area contributed by atoms with Crippen LogP contribution in [-0.2, 0) is 14.3 Å². The van der Waals surface area contributed by atoms with E-state index in [4.69, 9.17) is 4.74 Å². The van der Waals surface area contributed by atoms with E-state index in [0.29, 0.717) is 12.8 Å². The Morgan fingerprint density at radius 3 is 0.718 bits per heavy atom. The van der Waals surface area contributed by atoms with Gasteiger partial charge in [-0.2, -0.15) is 0 Å². The van der Waals surface area contributed by atoms with E-state index >= 15 is 0 Å². The molecule has 0 radical (unpaired) electrons. The molecule has 0 fully saturated rings. The van der Waals surface area contributed by atoms with E-state index in [1.165, 1.54) is 154 Å². The standard InChI is InChI=1S/C34H66O3.2Ca.4H/c1-3-5-7-9-11-13-15-17-18-20-22-24-26-28-30-32-34(36)37-33(35)31-29-27-25-23-21-19-16-14-12-10-8-6-4-2;;;;;;/h3-32H2,1-2H3;;;;;;. The molecule has 0 amide bonds. The van der Waals surface area contributed by atoms with Crippen LogP contribution in [0.3, 0.4) is 0 Å². The number of esters is 2. The third-order valence-corrected chi connectivity index (χ3v) is 7.70. The number of carbonyl (C=O) groups is 2. The van der Waals surface area contributed by atoms with E-state index in [9.17, 15) is 9.59 Å². The zero-order valence-electron chi connectivity index (χ0n) is 25.4. The molecule has 0 aliphatic carbocycles. The molecule has 0 atom stereocenters. The van der Waals surface area contributed by atoms with Crippen molar-refractivity contribution in [3.8, 4) is 0 Å². The Hall–Kier alpha value is 1.66. The van der Waals surface area contributed by atoms with Gasteiger partial charge in [-0.3, -0.25) is 9.59 Å². The molecule has 0 spiro atoms. The quantitative estimate of drug-likeness (QED) is 0.0354. The zero-order chi connectivity index (χ0) is 27.1. The molecule has 228 valence electrons. The topological polar surface area (TPSA) is 43.4 Å². The van der Waals surface area contributed by atoms with Gasteiger partial charge in [0.15, 0.2) is 0 Å². The summed E-state index contributed by atoms with van der Waals surface area (Å²) < 4.78 is 5.00. The van der Waals surface area contributed by atoms with Crippen LogP contribution >= 0.6 is 0 Å². The molecule has 0 rings (SSSR count).